The van der Waals surface area contributed by atoms with E-state index in [0.717, 1.165) is 12.8 Å². The van der Waals surface area contributed by atoms with Crippen LogP contribution in [0.5, 0.6) is 0 Å². The van der Waals surface area contributed by atoms with Crippen molar-refractivity contribution in [3.63, 3.8) is 0 Å². The second kappa shape index (κ2) is 2.67. The molecule has 0 bridgehead atoms. The molecule has 9 heavy (non-hydrogen) atoms. The Hall–Kier alpha value is -0.790. The minimum Gasteiger partial charge on any atom is -0.353 e. The van der Waals surface area contributed by atoms with Crippen LogP contribution in [0.1, 0.15) is 19.3 Å². The number of rotatable bonds is 3. The van der Waals surface area contributed by atoms with Gasteiger partial charge in [-0.1, -0.05) is 6.08 Å². The Morgan fingerprint density at radius 2 is 2.44 bits per heavy atom. The van der Waals surface area contributed by atoms with Gasteiger partial charge in [-0.2, -0.15) is 0 Å². The first-order valence-corrected chi connectivity index (χ1v) is 3.23. The molecular weight excluding hydrogens is 114 g/mol. The predicted octanol–water partition coefficient (Wildman–Crippen LogP) is 0.841. The molecule has 0 heterocycles. The fraction of sp³-hybridized carbons (Fsp3) is 0.571. The maximum Gasteiger partial charge on any atom is 0.224 e. The molecule has 0 saturated heterocycles. The Morgan fingerprint density at radius 1 is 1.78 bits per heavy atom. The molecule has 1 aliphatic rings. The average Bonchev–Trinajstić information content (AvgIpc) is 2.50. The van der Waals surface area contributed by atoms with Crippen LogP contribution in [-0.2, 0) is 4.79 Å². The van der Waals surface area contributed by atoms with Crippen LogP contribution in [0.25, 0.3) is 0 Å². The molecule has 2 nitrogen and oxygen atoms in total. The highest BCUT2D eigenvalue weighted by atomic mass is 16.1. The van der Waals surface area contributed by atoms with Crippen molar-refractivity contribution in [1.29, 1.82) is 0 Å². The molecule has 1 saturated carbocycles. The highest BCUT2D eigenvalue weighted by Crippen LogP contribution is 2.18. The number of carbonyl (C=O) groups is 1. The van der Waals surface area contributed by atoms with Crippen molar-refractivity contribution in [2.24, 2.45) is 0 Å². The van der Waals surface area contributed by atoms with Crippen molar-refractivity contribution in [3.8, 4) is 0 Å². The molecule has 1 rings (SSSR count). The smallest absolute Gasteiger partial charge is 0.224 e. The molecule has 50 valence electrons. The second-order valence-corrected chi connectivity index (χ2v) is 2.33. The summed E-state index contributed by atoms with van der Waals surface area (Å²) in [5.41, 5.74) is 0. The highest BCUT2D eigenvalue weighted by molar-refractivity contribution is 5.77. The van der Waals surface area contributed by atoms with Crippen molar-refractivity contribution in [2.45, 2.75) is 25.3 Å². The Morgan fingerprint density at radius 3 is 2.89 bits per heavy atom. The first-order chi connectivity index (χ1) is 4.33. The lowest BCUT2D eigenvalue weighted by Gasteiger charge is -1.96. The van der Waals surface area contributed by atoms with E-state index >= 15 is 0 Å². The van der Waals surface area contributed by atoms with E-state index in [4.69, 9.17) is 0 Å². The SMILES string of the molecule is C=CCC(=O)NC1CC1. The minimum absolute atomic E-state index is 0.104. The van der Waals surface area contributed by atoms with Gasteiger partial charge in [-0.25, -0.2) is 0 Å². The van der Waals surface area contributed by atoms with E-state index in [2.05, 4.69) is 11.9 Å². The Kier molecular flexibility index (Phi) is 1.88. The van der Waals surface area contributed by atoms with Gasteiger partial charge < -0.3 is 5.32 Å². The predicted molar refractivity (Wildman–Crippen MR) is 36.0 cm³/mol. The first kappa shape index (κ1) is 6.33. The number of amides is 1. The molecule has 0 aliphatic heterocycles. The van der Waals surface area contributed by atoms with E-state index in [1.165, 1.54) is 0 Å². The molecule has 1 aliphatic carbocycles. The monoisotopic (exact) mass is 125 g/mol. The van der Waals surface area contributed by atoms with Gasteiger partial charge in [0.25, 0.3) is 0 Å². The average molecular weight is 125 g/mol. The summed E-state index contributed by atoms with van der Waals surface area (Å²) in [7, 11) is 0. The van der Waals surface area contributed by atoms with E-state index in [1.54, 1.807) is 6.08 Å². The molecule has 1 N–H and O–H groups in total. The Bertz CT molecular complexity index is 127. The van der Waals surface area contributed by atoms with Crippen molar-refractivity contribution in [3.05, 3.63) is 12.7 Å². The van der Waals surface area contributed by atoms with E-state index in [9.17, 15) is 4.79 Å². The van der Waals surface area contributed by atoms with E-state index in [0.29, 0.717) is 12.5 Å². The maximum atomic E-state index is 10.7. The third-order valence-corrected chi connectivity index (χ3v) is 1.27. The Balaban J connectivity index is 2.09. The van der Waals surface area contributed by atoms with Crippen molar-refractivity contribution < 1.29 is 4.79 Å². The minimum atomic E-state index is 0.104. The molecule has 0 spiro atoms. The van der Waals surface area contributed by atoms with E-state index < -0.39 is 0 Å². The molecule has 0 unspecified atom stereocenters. The maximum absolute atomic E-state index is 10.7. The lowest BCUT2D eigenvalue weighted by Crippen LogP contribution is -2.24. The van der Waals surface area contributed by atoms with Crippen LogP contribution in [-0.4, -0.2) is 11.9 Å². The molecule has 1 fully saturated rings. The lowest BCUT2D eigenvalue weighted by atomic mass is 10.4. The van der Waals surface area contributed by atoms with Gasteiger partial charge >= 0.3 is 0 Å². The van der Waals surface area contributed by atoms with E-state index in [1.807, 2.05) is 0 Å². The van der Waals surface area contributed by atoms with Gasteiger partial charge in [0.2, 0.25) is 5.91 Å². The largest absolute Gasteiger partial charge is 0.353 e. The third kappa shape index (κ3) is 2.31. The third-order valence-electron chi connectivity index (χ3n) is 1.27. The van der Waals surface area contributed by atoms with Crippen LogP contribution >= 0.6 is 0 Å². The van der Waals surface area contributed by atoms with Crippen LogP contribution in [0, 0.1) is 0 Å². The number of nitrogens with one attached hydrogen (secondary N) is 1. The summed E-state index contributed by atoms with van der Waals surface area (Å²) in [6.45, 7) is 3.47. The Labute approximate surface area is 54.9 Å². The van der Waals surface area contributed by atoms with Gasteiger partial charge in [0.05, 0.1) is 0 Å². The fourth-order valence-electron chi connectivity index (χ4n) is 0.645. The topological polar surface area (TPSA) is 29.1 Å². The van der Waals surface area contributed by atoms with Crippen LogP contribution in [0.3, 0.4) is 0 Å². The second-order valence-electron chi connectivity index (χ2n) is 2.33. The first-order valence-electron chi connectivity index (χ1n) is 3.23. The summed E-state index contributed by atoms with van der Waals surface area (Å²) in [6.07, 6.45) is 4.39. The van der Waals surface area contributed by atoms with Crippen LogP contribution in [0.2, 0.25) is 0 Å². The highest BCUT2D eigenvalue weighted by Gasteiger charge is 2.22. The summed E-state index contributed by atoms with van der Waals surface area (Å²) in [5, 5.41) is 2.84. The molecule has 2 heteroatoms. The quantitative estimate of drug-likeness (QED) is 0.556. The van der Waals surface area contributed by atoms with E-state index in [-0.39, 0.29) is 5.91 Å². The number of hydrogen-bond acceptors (Lipinski definition) is 1. The molecular formula is C7H11NO. The van der Waals surface area contributed by atoms with Gasteiger partial charge in [0.1, 0.15) is 0 Å². The summed E-state index contributed by atoms with van der Waals surface area (Å²) < 4.78 is 0. The molecule has 1 amide bonds. The van der Waals surface area contributed by atoms with Gasteiger partial charge in [0, 0.05) is 12.5 Å². The standard InChI is InChI=1S/C7H11NO/c1-2-3-7(9)8-6-4-5-6/h2,6H,1,3-5H2,(H,8,9). The van der Waals surface area contributed by atoms with Crippen LogP contribution in [0.4, 0.5) is 0 Å². The summed E-state index contributed by atoms with van der Waals surface area (Å²) in [6, 6.07) is 0.484. The zero-order chi connectivity index (χ0) is 6.69. The summed E-state index contributed by atoms with van der Waals surface area (Å²) in [5.74, 6) is 0.104. The number of hydrogen-bond donors (Lipinski definition) is 1. The van der Waals surface area contributed by atoms with Crippen LogP contribution < -0.4 is 5.32 Å². The van der Waals surface area contributed by atoms with Crippen LogP contribution in [0.15, 0.2) is 12.7 Å². The zero-order valence-corrected chi connectivity index (χ0v) is 5.39. The van der Waals surface area contributed by atoms with Crippen molar-refractivity contribution in [1.82, 2.24) is 5.32 Å². The van der Waals surface area contributed by atoms with Gasteiger partial charge in [-0.15, -0.1) is 6.58 Å². The molecule has 0 aromatic heterocycles. The normalized spacial score (nSPS) is 16.9. The summed E-state index contributed by atoms with van der Waals surface area (Å²) in [4.78, 5) is 10.7. The van der Waals surface area contributed by atoms with Crippen molar-refractivity contribution >= 4 is 5.91 Å². The molecule has 0 radical (unpaired) electrons. The summed E-state index contributed by atoms with van der Waals surface area (Å²) >= 11 is 0. The number of carbonyl (C=O) groups excluding carboxylic acids is 1. The van der Waals surface area contributed by atoms with Gasteiger partial charge in [-0.3, -0.25) is 4.79 Å². The van der Waals surface area contributed by atoms with Crippen molar-refractivity contribution in [2.75, 3.05) is 0 Å². The molecule has 0 atom stereocenters. The van der Waals surface area contributed by atoms with Gasteiger partial charge in [-0.05, 0) is 12.8 Å². The van der Waals surface area contributed by atoms with Gasteiger partial charge in [0.15, 0.2) is 0 Å². The zero-order valence-electron chi connectivity index (χ0n) is 5.39. The fourth-order valence-corrected chi connectivity index (χ4v) is 0.645. The molecule has 0 aromatic carbocycles. The lowest BCUT2D eigenvalue weighted by molar-refractivity contribution is -0.120. The molecule has 0 aromatic rings.